The first-order valence-electron chi connectivity index (χ1n) is 5.95. The van der Waals surface area contributed by atoms with Crippen molar-refractivity contribution >= 4 is 33.4 Å². The molecule has 0 radical (unpaired) electrons. The number of halogens is 3. The lowest BCUT2D eigenvalue weighted by Gasteiger charge is -2.34. The third-order valence-electron chi connectivity index (χ3n) is 3.22. The summed E-state index contributed by atoms with van der Waals surface area (Å²) in [5.41, 5.74) is 0.112. The number of carbonyl (C=O) groups is 1. The average Bonchev–Trinajstić information content (AvgIpc) is 2.40. The van der Waals surface area contributed by atoms with E-state index in [1.165, 1.54) is 12.1 Å². The van der Waals surface area contributed by atoms with E-state index in [1.807, 2.05) is 0 Å². The minimum Gasteiger partial charge on any atom is -0.334 e. The van der Waals surface area contributed by atoms with Crippen LogP contribution in [0.4, 0.5) is 4.39 Å². The molecular formula is C13H14BrClFNO. The summed E-state index contributed by atoms with van der Waals surface area (Å²) >= 11 is 9.14. The fraction of sp³-hybridized carbons (Fsp3) is 0.462. The molecule has 1 aliphatic heterocycles. The fourth-order valence-electron chi connectivity index (χ4n) is 2.24. The highest BCUT2D eigenvalue weighted by atomic mass is 79.9. The maximum Gasteiger partial charge on any atom is 0.257 e. The van der Waals surface area contributed by atoms with Crippen molar-refractivity contribution in [2.24, 2.45) is 0 Å². The van der Waals surface area contributed by atoms with Gasteiger partial charge in [0.25, 0.3) is 5.91 Å². The Morgan fingerprint density at radius 2 is 2.28 bits per heavy atom. The summed E-state index contributed by atoms with van der Waals surface area (Å²) in [7, 11) is 0. The molecule has 0 spiro atoms. The number of benzene rings is 1. The van der Waals surface area contributed by atoms with Crippen LogP contribution < -0.4 is 0 Å². The Morgan fingerprint density at radius 3 is 3.00 bits per heavy atom. The van der Waals surface area contributed by atoms with Gasteiger partial charge in [0.05, 0.1) is 5.56 Å². The Morgan fingerprint density at radius 1 is 1.50 bits per heavy atom. The molecule has 1 unspecified atom stereocenters. The zero-order chi connectivity index (χ0) is 13.1. The van der Waals surface area contributed by atoms with Crippen LogP contribution in [-0.2, 0) is 0 Å². The van der Waals surface area contributed by atoms with Crippen molar-refractivity contribution in [3.8, 4) is 0 Å². The van der Waals surface area contributed by atoms with Crippen LogP contribution in [0.15, 0.2) is 22.7 Å². The van der Waals surface area contributed by atoms with Crippen molar-refractivity contribution in [3.63, 3.8) is 0 Å². The number of carbonyl (C=O) groups excluding carboxylic acids is 1. The topological polar surface area (TPSA) is 20.3 Å². The molecule has 18 heavy (non-hydrogen) atoms. The number of hydrogen-bond acceptors (Lipinski definition) is 1. The lowest BCUT2D eigenvalue weighted by atomic mass is 10.0. The number of nitrogens with zero attached hydrogens (tertiary/aromatic N) is 1. The molecule has 1 aromatic rings. The van der Waals surface area contributed by atoms with Gasteiger partial charge < -0.3 is 4.90 Å². The van der Waals surface area contributed by atoms with E-state index in [1.54, 1.807) is 11.0 Å². The normalized spacial score (nSPS) is 19.9. The summed E-state index contributed by atoms with van der Waals surface area (Å²) in [5.74, 6) is -0.345. The quantitative estimate of drug-likeness (QED) is 0.753. The smallest absolute Gasteiger partial charge is 0.257 e. The molecule has 0 aliphatic carbocycles. The number of piperidine rings is 1. The van der Waals surface area contributed by atoms with Gasteiger partial charge in [-0.25, -0.2) is 4.39 Å². The van der Waals surface area contributed by atoms with Gasteiger partial charge >= 0.3 is 0 Å². The van der Waals surface area contributed by atoms with Gasteiger partial charge in [-0.15, -0.1) is 11.6 Å². The van der Waals surface area contributed by atoms with Gasteiger partial charge in [-0.05, 0) is 37.5 Å². The zero-order valence-electron chi connectivity index (χ0n) is 9.83. The number of rotatable bonds is 2. The van der Waals surface area contributed by atoms with Crippen LogP contribution in [0.2, 0.25) is 0 Å². The van der Waals surface area contributed by atoms with E-state index in [2.05, 4.69) is 15.9 Å². The first-order chi connectivity index (χ1) is 8.63. The van der Waals surface area contributed by atoms with Crippen molar-refractivity contribution in [1.82, 2.24) is 4.90 Å². The predicted octanol–water partition coefficient (Wildman–Crippen LogP) is 3.82. The molecule has 5 heteroatoms. The van der Waals surface area contributed by atoms with E-state index in [9.17, 15) is 9.18 Å². The Kier molecular flexibility index (Phi) is 4.62. The zero-order valence-corrected chi connectivity index (χ0v) is 12.2. The summed E-state index contributed by atoms with van der Waals surface area (Å²) < 4.78 is 14.4. The number of hydrogen-bond donors (Lipinski definition) is 0. The van der Waals surface area contributed by atoms with Crippen molar-refractivity contribution in [2.45, 2.75) is 25.3 Å². The van der Waals surface area contributed by atoms with Gasteiger partial charge in [-0.1, -0.05) is 15.9 Å². The molecule has 2 rings (SSSR count). The van der Waals surface area contributed by atoms with E-state index in [0.29, 0.717) is 16.9 Å². The minimum atomic E-state index is -0.484. The molecule has 1 saturated heterocycles. The molecule has 1 aliphatic rings. The first kappa shape index (κ1) is 13.8. The van der Waals surface area contributed by atoms with Gasteiger partial charge in [-0.2, -0.15) is 0 Å². The van der Waals surface area contributed by atoms with Crippen LogP contribution in [-0.4, -0.2) is 29.3 Å². The molecule has 98 valence electrons. The molecule has 0 saturated carbocycles. The summed E-state index contributed by atoms with van der Waals surface area (Å²) in [4.78, 5) is 14.0. The van der Waals surface area contributed by atoms with Crippen LogP contribution >= 0.6 is 27.5 Å². The number of alkyl halides is 1. The third-order valence-corrected chi connectivity index (χ3v) is 4.07. The van der Waals surface area contributed by atoms with Gasteiger partial charge in [-0.3, -0.25) is 4.79 Å². The Bertz CT molecular complexity index is 455. The molecule has 0 bridgehead atoms. The Hall–Kier alpha value is -0.610. The molecule has 1 fully saturated rings. The van der Waals surface area contributed by atoms with E-state index in [0.717, 1.165) is 19.3 Å². The van der Waals surface area contributed by atoms with Crippen molar-refractivity contribution in [2.75, 3.05) is 12.4 Å². The summed E-state index contributed by atoms with van der Waals surface area (Å²) in [6.07, 6.45) is 2.92. The van der Waals surface area contributed by atoms with Crippen LogP contribution in [0.3, 0.4) is 0 Å². The maximum absolute atomic E-state index is 13.7. The van der Waals surface area contributed by atoms with E-state index >= 15 is 0 Å². The molecule has 1 atom stereocenters. The lowest BCUT2D eigenvalue weighted by molar-refractivity contribution is 0.0634. The molecule has 0 N–H and O–H groups in total. The Labute approximate surface area is 119 Å². The lowest BCUT2D eigenvalue weighted by Crippen LogP contribution is -2.45. The second kappa shape index (κ2) is 6.02. The van der Waals surface area contributed by atoms with Gasteiger partial charge in [0.15, 0.2) is 0 Å². The van der Waals surface area contributed by atoms with E-state index < -0.39 is 5.82 Å². The second-order valence-electron chi connectivity index (χ2n) is 4.43. The SMILES string of the molecule is O=C(c1cc(Br)ccc1F)N1CCCCC1CCl. The fourth-order valence-corrected chi connectivity index (χ4v) is 2.93. The van der Waals surface area contributed by atoms with Gasteiger partial charge in [0.1, 0.15) is 5.82 Å². The van der Waals surface area contributed by atoms with Crippen LogP contribution in [0.1, 0.15) is 29.6 Å². The third kappa shape index (κ3) is 2.86. The molecule has 0 aromatic heterocycles. The van der Waals surface area contributed by atoms with Crippen molar-refractivity contribution in [1.29, 1.82) is 0 Å². The highest BCUT2D eigenvalue weighted by molar-refractivity contribution is 9.10. The van der Waals surface area contributed by atoms with Crippen LogP contribution in [0, 0.1) is 5.82 Å². The average molecular weight is 335 g/mol. The monoisotopic (exact) mass is 333 g/mol. The maximum atomic E-state index is 13.7. The summed E-state index contributed by atoms with van der Waals surface area (Å²) in [6, 6.07) is 4.43. The molecule has 1 aromatic carbocycles. The highest BCUT2D eigenvalue weighted by Crippen LogP contribution is 2.23. The number of likely N-dealkylation sites (tertiary alicyclic amines) is 1. The standard InChI is InChI=1S/C13H14BrClFNO/c14-9-4-5-12(16)11(7-9)13(18)17-6-2-1-3-10(17)8-15/h4-5,7,10H,1-3,6,8H2. The van der Waals surface area contributed by atoms with Crippen molar-refractivity contribution < 1.29 is 9.18 Å². The molecule has 2 nitrogen and oxygen atoms in total. The molecule has 1 amide bonds. The van der Waals surface area contributed by atoms with E-state index in [-0.39, 0.29) is 17.5 Å². The highest BCUT2D eigenvalue weighted by Gasteiger charge is 2.28. The molecular weight excluding hydrogens is 321 g/mol. The predicted molar refractivity (Wildman–Crippen MR) is 73.5 cm³/mol. The number of amides is 1. The molecule has 1 heterocycles. The largest absolute Gasteiger partial charge is 0.334 e. The van der Waals surface area contributed by atoms with Crippen LogP contribution in [0.25, 0.3) is 0 Å². The van der Waals surface area contributed by atoms with Gasteiger partial charge in [0, 0.05) is 22.9 Å². The van der Waals surface area contributed by atoms with E-state index in [4.69, 9.17) is 11.6 Å². The summed E-state index contributed by atoms with van der Waals surface area (Å²) in [5, 5.41) is 0. The second-order valence-corrected chi connectivity index (χ2v) is 5.65. The van der Waals surface area contributed by atoms with Crippen LogP contribution in [0.5, 0.6) is 0 Å². The van der Waals surface area contributed by atoms with Crippen molar-refractivity contribution in [3.05, 3.63) is 34.1 Å². The Balaban J connectivity index is 2.26. The van der Waals surface area contributed by atoms with Gasteiger partial charge in [0.2, 0.25) is 0 Å². The first-order valence-corrected chi connectivity index (χ1v) is 7.28. The summed E-state index contributed by atoms with van der Waals surface area (Å²) in [6.45, 7) is 0.655. The minimum absolute atomic E-state index is 0.0197.